The van der Waals surface area contributed by atoms with Gasteiger partial charge in [-0.3, -0.25) is 0 Å². The van der Waals surface area contributed by atoms with E-state index in [0.29, 0.717) is 5.82 Å². The van der Waals surface area contributed by atoms with Crippen LogP contribution in [0.25, 0.3) is 0 Å². The topological polar surface area (TPSA) is 99.1 Å². The summed E-state index contributed by atoms with van der Waals surface area (Å²) >= 11 is 0. The van der Waals surface area contributed by atoms with Crippen molar-refractivity contribution in [1.29, 1.82) is 0 Å². The first-order valence-corrected chi connectivity index (χ1v) is 8.25. The highest BCUT2D eigenvalue weighted by molar-refractivity contribution is 7.89. The summed E-state index contributed by atoms with van der Waals surface area (Å²) in [6, 6.07) is 0. The molecule has 0 atom stereocenters. The van der Waals surface area contributed by atoms with Gasteiger partial charge in [-0.25, -0.2) is 8.42 Å². The second kappa shape index (κ2) is 4.97. The van der Waals surface area contributed by atoms with Crippen LogP contribution in [-0.4, -0.2) is 24.8 Å². The Hall–Kier alpha value is -0.950. The van der Waals surface area contributed by atoms with Gasteiger partial charge in [-0.2, -0.15) is 4.98 Å². The van der Waals surface area contributed by atoms with E-state index in [0.717, 1.165) is 31.9 Å². The molecule has 0 radical (unpaired) electrons. The summed E-state index contributed by atoms with van der Waals surface area (Å²) in [4.78, 5) is 4.15. The first kappa shape index (κ1) is 13.5. The normalized spacial score (nSPS) is 20.6. The molecule has 2 N–H and O–H groups in total. The molecule has 1 aromatic rings. The summed E-state index contributed by atoms with van der Waals surface area (Å²) in [7, 11) is -3.16. The maximum absolute atomic E-state index is 11.2. The molecule has 102 valence electrons. The van der Waals surface area contributed by atoms with Crippen LogP contribution in [0.4, 0.5) is 0 Å². The van der Waals surface area contributed by atoms with Gasteiger partial charge < -0.3 is 10.3 Å². The molecule has 0 aromatic carbocycles. The number of hydrogen-bond donors (Lipinski definition) is 1. The van der Waals surface area contributed by atoms with Crippen molar-refractivity contribution in [2.24, 2.45) is 5.73 Å². The van der Waals surface area contributed by atoms with E-state index in [4.69, 9.17) is 10.3 Å². The molecule has 0 saturated heterocycles. The highest BCUT2D eigenvalue weighted by Gasteiger charge is 2.33. The SMILES string of the molecule is CS(=O)(=O)Cc1nc(C2(N)CCCCCC2)no1. The summed E-state index contributed by atoms with van der Waals surface area (Å²) in [6.07, 6.45) is 7.23. The first-order valence-electron chi connectivity index (χ1n) is 6.19. The van der Waals surface area contributed by atoms with Crippen molar-refractivity contribution < 1.29 is 12.9 Å². The molecule has 0 aliphatic heterocycles. The summed E-state index contributed by atoms with van der Waals surface area (Å²) < 4.78 is 27.3. The van der Waals surface area contributed by atoms with Crippen molar-refractivity contribution in [3.63, 3.8) is 0 Å². The van der Waals surface area contributed by atoms with Gasteiger partial charge in [0.1, 0.15) is 5.75 Å². The fraction of sp³-hybridized carbons (Fsp3) is 0.818. The standard InChI is InChI=1S/C11H19N3O3S/c1-18(15,16)8-9-13-10(14-17-9)11(12)6-4-2-3-5-7-11/h2-8,12H2,1H3. The van der Waals surface area contributed by atoms with Crippen molar-refractivity contribution in [3.8, 4) is 0 Å². The fourth-order valence-corrected chi connectivity index (χ4v) is 2.89. The molecule has 0 unspecified atom stereocenters. The van der Waals surface area contributed by atoms with Crippen LogP contribution < -0.4 is 5.73 Å². The van der Waals surface area contributed by atoms with Crippen molar-refractivity contribution in [2.75, 3.05) is 6.26 Å². The minimum atomic E-state index is -3.16. The van der Waals surface area contributed by atoms with Gasteiger partial charge in [-0.1, -0.05) is 30.8 Å². The quantitative estimate of drug-likeness (QED) is 0.828. The van der Waals surface area contributed by atoms with E-state index in [1.54, 1.807) is 0 Å². The lowest BCUT2D eigenvalue weighted by molar-refractivity contribution is 0.327. The molecule has 1 fully saturated rings. The van der Waals surface area contributed by atoms with Crippen LogP contribution in [0.15, 0.2) is 4.52 Å². The lowest BCUT2D eigenvalue weighted by Crippen LogP contribution is -2.37. The molecular formula is C11H19N3O3S. The van der Waals surface area contributed by atoms with E-state index < -0.39 is 15.4 Å². The Morgan fingerprint density at radius 3 is 2.44 bits per heavy atom. The average molecular weight is 273 g/mol. The summed E-state index contributed by atoms with van der Waals surface area (Å²) in [5.74, 6) is 0.348. The number of nitrogens with zero attached hydrogens (tertiary/aromatic N) is 2. The van der Waals surface area contributed by atoms with Gasteiger partial charge in [-0.15, -0.1) is 0 Å². The predicted octanol–water partition coefficient (Wildman–Crippen LogP) is 1.12. The zero-order valence-electron chi connectivity index (χ0n) is 10.6. The van der Waals surface area contributed by atoms with E-state index in [9.17, 15) is 8.42 Å². The molecule has 1 aliphatic rings. The highest BCUT2D eigenvalue weighted by atomic mass is 32.2. The monoisotopic (exact) mass is 273 g/mol. The highest BCUT2D eigenvalue weighted by Crippen LogP contribution is 2.32. The zero-order chi connectivity index (χ0) is 13.2. The Balaban J connectivity index is 2.17. The lowest BCUT2D eigenvalue weighted by atomic mass is 9.91. The molecular weight excluding hydrogens is 254 g/mol. The summed E-state index contributed by atoms with van der Waals surface area (Å²) in [5.41, 5.74) is 5.76. The van der Waals surface area contributed by atoms with Crippen molar-refractivity contribution in [1.82, 2.24) is 10.1 Å². The van der Waals surface area contributed by atoms with Crippen LogP contribution >= 0.6 is 0 Å². The van der Waals surface area contributed by atoms with Gasteiger partial charge in [0.05, 0.1) is 5.54 Å². The molecule has 1 aliphatic carbocycles. The van der Waals surface area contributed by atoms with Gasteiger partial charge in [0.15, 0.2) is 15.7 Å². The van der Waals surface area contributed by atoms with Gasteiger partial charge in [0.25, 0.3) is 0 Å². The molecule has 0 amide bonds. The number of hydrogen-bond acceptors (Lipinski definition) is 6. The maximum atomic E-state index is 11.2. The molecule has 18 heavy (non-hydrogen) atoms. The Bertz CT molecular complexity index is 501. The molecule has 0 spiro atoms. The molecule has 2 rings (SSSR count). The van der Waals surface area contributed by atoms with Gasteiger partial charge in [-0.05, 0) is 12.8 Å². The van der Waals surface area contributed by atoms with Gasteiger partial charge in [0.2, 0.25) is 5.89 Å². The van der Waals surface area contributed by atoms with E-state index in [1.807, 2.05) is 0 Å². The number of rotatable bonds is 3. The molecule has 1 aromatic heterocycles. The van der Waals surface area contributed by atoms with E-state index in [1.165, 1.54) is 12.8 Å². The molecule has 1 heterocycles. The Morgan fingerprint density at radius 2 is 1.89 bits per heavy atom. The summed E-state index contributed by atoms with van der Waals surface area (Å²) in [6.45, 7) is 0. The minimum Gasteiger partial charge on any atom is -0.338 e. The van der Waals surface area contributed by atoms with E-state index >= 15 is 0 Å². The van der Waals surface area contributed by atoms with Gasteiger partial charge >= 0.3 is 0 Å². The first-order chi connectivity index (χ1) is 8.39. The van der Waals surface area contributed by atoms with Crippen LogP contribution in [0.2, 0.25) is 0 Å². The van der Waals surface area contributed by atoms with Crippen molar-refractivity contribution in [2.45, 2.75) is 49.8 Å². The number of nitrogens with two attached hydrogens (primary N) is 1. The van der Waals surface area contributed by atoms with Crippen LogP contribution in [0.5, 0.6) is 0 Å². The number of sulfone groups is 1. The van der Waals surface area contributed by atoms with Crippen LogP contribution in [0, 0.1) is 0 Å². The van der Waals surface area contributed by atoms with Crippen LogP contribution in [-0.2, 0) is 21.1 Å². The molecule has 0 bridgehead atoms. The third-order valence-corrected chi connectivity index (χ3v) is 4.07. The minimum absolute atomic E-state index is 0.126. The zero-order valence-corrected chi connectivity index (χ0v) is 11.4. The molecule has 1 saturated carbocycles. The Labute approximate surface area is 107 Å². The van der Waals surface area contributed by atoms with Crippen molar-refractivity contribution in [3.05, 3.63) is 11.7 Å². The second-order valence-corrected chi connectivity index (χ2v) is 7.29. The van der Waals surface area contributed by atoms with Crippen molar-refractivity contribution >= 4 is 9.84 Å². The summed E-state index contributed by atoms with van der Waals surface area (Å²) in [5, 5.41) is 3.86. The molecule has 6 nitrogen and oxygen atoms in total. The largest absolute Gasteiger partial charge is 0.338 e. The smallest absolute Gasteiger partial charge is 0.241 e. The third-order valence-electron chi connectivity index (χ3n) is 3.29. The van der Waals surface area contributed by atoms with Crippen LogP contribution in [0.1, 0.15) is 50.2 Å². The maximum Gasteiger partial charge on any atom is 0.241 e. The van der Waals surface area contributed by atoms with E-state index in [-0.39, 0.29) is 11.6 Å². The third kappa shape index (κ3) is 3.29. The Morgan fingerprint density at radius 1 is 1.28 bits per heavy atom. The Kier molecular flexibility index (Phi) is 3.72. The van der Waals surface area contributed by atoms with E-state index in [2.05, 4.69) is 10.1 Å². The van der Waals surface area contributed by atoms with Crippen LogP contribution in [0.3, 0.4) is 0 Å². The molecule has 7 heteroatoms. The fourth-order valence-electron chi connectivity index (χ4n) is 2.32. The second-order valence-electron chi connectivity index (χ2n) is 5.15. The van der Waals surface area contributed by atoms with Gasteiger partial charge in [0, 0.05) is 6.26 Å². The average Bonchev–Trinajstić information content (AvgIpc) is 2.58. The predicted molar refractivity (Wildman–Crippen MR) is 66.4 cm³/mol. The number of aromatic nitrogens is 2. The lowest BCUT2D eigenvalue weighted by Gasteiger charge is -2.23.